The van der Waals surface area contributed by atoms with Crippen molar-refractivity contribution >= 4 is 0 Å². The van der Waals surface area contributed by atoms with Crippen LogP contribution in [0.15, 0.2) is 42.5 Å². The molecule has 98 valence electrons. The van der Waals surface area contributed by atoms with E-state index in [-0.39, 0.29) is 0 Å². The van der Waals surface area contributed by atoms with Crippen LogP contribution >= 0.6 is 0 Å². The van der Waals surface area contributed by atoms with Crippen molar-refractivity contribution in [1.82, 2.24) is 0 Å². The molecule has 0 unspecified atom stereocenters. The third-order valence-electron chi connectivity index (χ3n) is 3.81. The third kappa shape index (κ3) is 2.37. The molecule has 0 bridgehead atoms. The molecule has 1 heteroatoms. The third-order valence-corrected chi connectivity index (χ3v) is 3.81. The number of benzene rings is 2. The van der Waals surface area contributed by atoms with Gasteiger partial charge >= 0.3 is 0 Å². The Balaban J connectivity index is 1.82. The van der Waals surface area contributed by atoms with Crippen LogP contribution in [0.2, 0.25) is 0 Å². The molecule has 0 spiro atoms. The molecular weight excluding hydrogens is 232 g/mol. The van der Waals surface area contributed by atoms with Crippen LogP contribution in [0.3, 0.4) is 0 Å². The molecule has 1 nitrogen and oxygen atoms in total. The Hall–Kier alpha value is -1.76. The van der Waals surface area contributed by atoms with Gasteiger partial charge in [-0.2, -0.15) is 0 Å². The monoisotopic (exact) mass is 252 g/mol. The molecule has 0 atom stereocenters. The van der Waals surface area contributed by atoms with Gasteiger partial charge in [-0.1, -0.05) is 56.2 Å². The highest BCUT2D eigenvalue weighted by atomic mass is 16.5. The summed E-state index contributed by atoms with van der Waals surface area (Å²) in [5.74, 6) is 1.07. The summed E-state index contributed by atoms with van der Waals surface area (Å²) in [5.41, 5.74) is 5.50. The normalized spacial score (nSPS) is 12.1. The quantitative estimate of drug-likeness (QED) is 0.591. The molecule has 19 heavy (non-hydrogen) atoms. The molecule has 0 aromatic heterocycles. The zero-order valence-electron chi connectivity index (χ0n) is 11.5. The van der Waals surface area contributed by atoms with Crippen molar-refractivity contribution in [3.63, 3.8) is 0 Å². The Bertz CT molecular complexity index is 572. The van der Waals surface area contributed by atoms with Gasteiger partial charge in [0, 0.05) is 12.0 Å². The largest absolute Gasteiger partial charge is 0.493 e. The summed E-state index contributed by atoms with van der Waals surface area (Å²) in [6.45, 7) is 3.05. The van der Waals surface area contributed by atoms with Crippen molar-refractivity contribution in [3.8, 4) is 16.9 Å². The standard InChI is InChI=1S/C18H20O/c1-2-3-6-12-19-18-11-7-10-16-15-9-5-4-8-14(15)13-17(16)18/h4-5,7-11H,2-3,6,12-13H2,1H3. The van der Waals surface area contributed by atoms with Crippen LogP contribution in [0, 0.1) is 0 Å². The van der Waals surface area contributed by atoms with E-state index in [1.807, 2.05) is 0 Å². The fourth-order valence-electron chi connectivity index (χ4n) is 2.80. The van der Waals surface area contributed by atoms with Crippen LogP contribution < -0.4 is 4.74 Å². The first-order valence-electron chi connectivity index (χ1n) is 7.23. The van der Waals surface area contributed by atoms with Crippen molar-refractivity contribution < 1.29 is 4.74 Å². The minimum atomic E-state index is 0.834. The lowest BCUT2D eigenvalue weighted by atomic mass is 10.1. The average Bonchev–Trinajstić information content (AvgIpc) is 2.83. The molecule has 0 saturated heterocycles. The van der Waals surface area contributed by atoms with Crippen molar-refractivity contribution in [2.75, 3.05) is 6.61 Å². The highest BCUT2D eigenvalue weighted by Crippen LogP contribution is 2.40. The molecule has 2 aromatic rings. The molecule has 2 aromatic carbocycles. The predicted molar refractivity (Wildman–Crippen MR) is 79.7 cm³/mol. The summed E-state index contributed by atoms with van der Waals surface area (Å²) in [4.78, 5) is 0. The number of hydrogen-bond donors (Lipinski definition) is 0. The van der Waals surface area contributed by atoms with Crippen LogP contribution in [-0.4, -0.2) is 6.61 Å². The zero-order chi connectivity index (χ0) is 13.1. The average molecular weight is 252 g/mol. The van der Waals surface area contributed by atoms with E-state index in [1.54, 1.807) is 0 Å². The summed E-state index contributed by atoms with van der Waals surface area (Å²) < 4.78 is 5.98. The smallest absolute Gasteiger partial charge is 0.123 e. The molecule has 0 amide bonds. The van der Waals surface area contributed by atoms with Crippen LogP contribution in [0.25, 0.3) is 11.1 Å². The maximum absolute atomic E-state index is 5.98. The molecule has 0 saturated carbocycles. The Kier molecular flexibility index (Phi) is 3.54. The summed E-state index contributed by atoms with van der Waals surface area (Å²) in [6, 6.07) is 15.1. The van der Waals surface area contributed by atoms with Crippen molar-refractivity contribution in [2.24, 2.45) is 0 Å². The maximum Gasteiger partial charge on any atom is 0.123 e. The number of hydrogen-bond acceptors (Lipinski definition) is 1. The van der Waals surface area contributed by atoms with Gasteiger partial charge in [0.25, 0.3) is 0 Å². The Morgan fingerprint density at radius 2 is 1.79 bits per heavy atom. The lowest BCUT2D eigenvalue weighted by Crippen LogP contribution is -1.99. The SMILES string of the molecule is CCCCCOc1cccc2c1Cc1ccccc1-2. The van der Waals surface area contributed by atoms with E-state index in [2.05, 4.69) is 49.4 Å². The number of fused-ring (bicyclic) bond motifs is 3. The van der Waals surface area contributed by atoms with E-state index >= 15 is 0 Å². The van der Waals surface area contributed by atoms with Crippen LogP contribution in [0.1, 0.15) is 37.3 Å². The molecule has 0 fully saturated rings. The van der Waals surface area contributed by atoms with Gasteiger partial charge in [-0.3, -0.25) is 0 Å². The summed E-state index contributed by atoms with van der Waals surface area (Å²) in [5, 5.41) is 0. The van der Waals surface area contributed by atoms with Crippen LogP contribution in [0.5, 0.6) is 5.75 Å². The fraction of sp³-hybridized carbons (Fsp3) is 0.333. The van der Waals surface area contributed by atoms with Gasteiger partial charge in [0.2, 0.25) is 0 Å². The predicted octanol–water partition coefficient (Wildman–Crippen LogP) is 4.83. The van der Waals surface area contributed by atoms with Crippen LogP contribution in [-0.2, 0) is 6.42 Å². The van der Waals surface area contributed by atoms with E-state index in [0.717, 1.165) is 25.2 Å². The fourth-order valence-corrected chi connectivity index (χ4v) is 2.80. The molecule has 0 N–H and O–H groups in total. The number of unbranched alkanes of at least 4 members (excludes halogenated alkanes) is 2. The minimum Gasteiger partial charge on any atom is -0.493 e. The summed E-state index contributed by atoms with van der Waals surface area (Å²) in [6.07, 6.45) is 4.64. The van der Waals surface area contributed by atoms with E-state index in [4.69, 9.17) is 4.74 Å². The number of ether oxygens (including phenoxy) is 1. The maximum atomic E-state index is 5.98. The molecule has 0 heterocycles. The molecule has 0 radical (unpaired) electrons. The Labute approximate surface area is 115 Å². The second kappa shape index (κ2) is 5.48. The first kappa shape index (κ1) is 12.3. The lowest BCUT2D eigenvalue weighted by molar-refractivity contribution is 0.304. The zero-order valence-corrected chi connectivity index (χ0v) is 11.5. The van der Waals surface area contributed by atoms with Crippen molar-refractivity contribution in [2.45, 2.75) is 32.6 Å². The first-order chi connectivity index (χ1) is 9.40. The second-order valence-electron chi connectivity index (χ2n) is 5.17. The van der Waals surface area contributed by atoms with Gasteiger partial charge in [0.15, 0.2) is 0 Å². The van der Waals surface area contributed by atoms with E-state index < -0.39 is 0 Å². The van der Waals surface area contributed by atoms with E-state index in [0.29, 0.717) is 0 Å². The van der Waals surface area contributed by atoms with Crippen molar-refractivity contribution in [1.29, 1.82) is 0 Å². The number of rotatable bonds is 5. The molecule has 3 rings (SSSR count). The van der Waals surface area contributed by atoms with Gasteiger partial charge in [0.05, 0.1) is 6.61 Å². The second-order valence-corrected chi connectivity index (χ2v) is 5.17. The minimum absolute atomic E-state index is 0.834. The summed E-state index contributed by atoms with van der Waals surface area (Å²) in [7, 11) is 0. The van der Waals surface area contributed by atoms with E-state index in [9.17, 15) is 0 Å². The van der Waals surface area contributed by atoms with Gasteiger partial charge in [-0.05, 0) is 29.2 Å². The van der Waals surface area contributed by atoms with Crippen LogP contribution in [0.4, 0.5) is 0 Å². The Morgan fingerprint density at radius 1 is 0.947 bits per heavy atom. The highest BCUT2D eigenvalue weighted by molar-refractivity contribution is 5.78. The molecular formula is C18H20O. The topological polar surface area (TPSA) is 9.23 Å². The van der Waals surface area contributed by atoms with Gasteiger partial charge in [0.1, 0.15) is 5.75 Å². The van der Waals surface area contributed by atoms with Gasteiger partial charge in [-0.15, -0.1) is 0 Å². The molecule has 1 aliphatic rings. The van der Waals surface area contributed by atoms with E-state index in [1.165, 1.54) is 35.1 Å². The van der Waals surface area contributed by atoms with Crippen molar-refractivity contribution in [3.05, 3.63) is 53.6 Å². The molecule has 0 aliphatic heterocycles. The van der Waals surface area contributed by atoms with Gasteiger partial charge in [-0.25, -0.2) is 0 Å². The Morgan fingerprint density at radius 3 is 2.68 bits per heavy atom. The highest BCUT2D eigenvalue weighted by Gasteiger charge is 2.20. The van der Waals surface area contributed by atoms with Gasteiger partial charge < -0.3 is 4.74 Å². The lowest BCUT2D eigenvalue weighted by Gasteiger charge is -2.10. The summed E-state index contributed by atoms with van der Waals surface area (Å²) >= 11 is 0. The molecule has 1 aliphatic carbocycles. The first-order valence-corrected chi connectivity index (χ1v) is 7.23.